The average Bonchev–Trinajstić information content (AvgIpc) is 3.90. The molecule has 11 aromatic rings. The molecular weight excluding hydrogens is 719 g/mol. The van der Waals surface area contributed by atoms with Crippen molar-refractivity contribution < 1.29 is 4.42 Å². The first-order valence-electron chi connectivity index (χ1n) is 20.2. The molecule has 0 fully saturated rings. The van der Waals surface area contributed by atoms with Crippen molar-refractivity contribution in [2.75, 3.05) is 0 Å². The van der Waals surface area contributed by atoms with E-state index in [1.165, 1.54) is 49.7 Å². The van der Waals surface area contributed by atoms with Gasteiger partial charge in [-0.3, -0.25) is 0 Å². The van der Waals surface area contributed by atoms with Crippen molar-refractivity contribution in [3.05, 3.63) is 199 Å². The van der Waals surface area contributed by atoms with Gasteiger partial charge >= 0.3 is 0 Å². The predicted octanol–water partition coefficient (Wildman–Crippen LogP) is 14.4. The van der Waals surface area contributed by atoms with E-state index in [1.54, 1.807) is 0 Å². The van der Waals surface area contributed by atoms with Crippen molar-refractivity contribution in [3.8, 4) is 61.8 Å². The van der Waals surface area contributed by atoms with E-state index >= 15 is 0 Å². The van der Waals surface area contributed by atoms with E-state index in [4.69, 9.17) is 14.4 Å². The van der Waals surface area contributed by atoms with Crippen LogP contribution in [0.3, 0.4) is 0 Å². The van der Waals surface area contributed by atoms with Crippen LogP contribution < -0.4 is 0 Å². The normalized spacial score (nSPS) is 13.1. The lowest BCUT2D eigenvalue weighted by molar-refractivity contribution is 0.647. The van der Waals surface area contributed by atoms with Gasteiger partial charge < -0.3 is 8.98 Å². The van der Waals surface area contributed by atoms with E-state index < -0.39 is 0 Å². The maximum Gasteiger partial charge on any atom is 0.160 e. The SMILES string of the molecule is CC1(C)c2cc3oc4ccc(-c5ccc(-c6nc(-c7ccccc7)cc(-c7ccccc7)n6)cc5)cc4c3cc2-c2cc3c4ccccc4n(-c4ccccc4)c3cc21. The van der Waals surface area contributed by atoms with Crippen LogP contribution in [0.4, 0.5) is 0 Å². The molecule has 1 aliphatic carbocycles. The predicted molar refractivity (Wildman–Crippen MR) is 243 cm³/mol. The summed E-state index contributed by atoms with van der Waals surface area (Å²) in [5.41, 5.74) is 17.6. The van der Waals surface area contributed by atoms with Crippen molar-refractivity contribution >= 4 is 43.7 Å². The van der Waals surface area contributed by atoms with Gasteiger partial charge in [0.1, 0.15) is 11.2 Å². The number of rotatable bonds is 5. The summed E-state index contributed by atoms with van der Waals surface area (Å²) in [4.78, 5) is 10.1. The zero-order valence-corrected chi connectivity index (χ0v) is 32.6. The number of para-hydroxylation sites is 2. The molecule has 0 unspecified atom stereocenters. The van der Waals surface area contributed by atoms with Gasteiger partial charge in [0.25, 0.3) is 0 Å². The first-order valence-corrected chi connectivity index (χ1v) is 20.2. The monoisotopic (exact) mass is 755 g/mol. The number of furan rings is 1. The summed E-state index contributed by atoms with van der Waals surface area (Å²) in [7, 11) is 0. The lowest BCUT2D eigenvalue weighted by atomic mass is 9.82. The largest absolute Gasteiger partial charge is 0.456 e. The Hall–Kier alpha value is -7.56. The summed E-state index contributed by atoms with van der Waals surface area (Å²) in [6.45, 7) is 4.70. The molecule has 0 radical (unpaired) electrons. The molecular formula is C55H37N3O. The zero-order valence-electron chi connectivity index (χ0n) is 32.6. The van der Waals surface area contributed by atoms with Crippen LogP contribution in [0, 0.1) is 0 Å². The van der Waals surface area contributed by atoms with Crippen molar-refractivity contribution in [2.24, 2.45) is 0 Å². The van der Waals surface area contributed by atoms with Crippen LogP contribution in [0.15, 0.2) is 192 Å². The number of benzene rings is 8. The highest BCUT2D eigenvalue weighted by atomic mass is 16.3. The Bertz CT molecular complexity index is 3380. The molecule has 0 amide bonds. The Morgan fingerprint density at radius 1 is 0.407 bits per heavy atom. The third kappa shape index (κ3) is 5.23. The Labute approximate surface area is 341 Å². The molecule has 1 aliphatic rings. The van der Waals surface area contributed by atoms with Gasteiger partial charge in [0.15, 0.2) is 5.82 Å². The standard InChI is InChI=1S/C55H37N3O/c1-55(2)46-31-51-43(40-20-12-13-21-50(40)58(51)39-18-10-5-11-19-39)29-41(46)42-30-45-44-28-38(26-27-52(44)59-53(45)32-47(42)55)34-22-24-37(25-23-34)54-56-48(35-14-6-3-7-15-35)33-49(57-54)36-16-8-4-9-17-36/h3-33H,1-2H3. The molecule has 0 bridgehead atoms. The van der Waals surface area contributed by atoms with Crippen molar-refractivity contribution in [3.63, 3.8) is 0 Å². The zero-order chi connectivity index (χ0) is 39.2. The second-order valence-corrected chi connectivity index (χ2v) is 16.2. The van der Waals surface area contributed by atoms with Crippen LogP contribution in [0.1, 0.15) is 25.0 Å². The van der Waals surface area contributed by atoms with Gasteiger partial charge in [-0.1, -0.05) is 141 Å². The minimum Gasteiger partial charge on any atom is -0.456 e. The smallest absolute Gasteiger partial charge is 0.160 e. The topological polar surface area (TPSA) is 43.9 Å². The maximum absolute atomic E-state index is 6.61. The van der Waals surface area contributed by atoms with Gasteiger partial charge in [0.2, 0.25) is 0 Å². The fourth-order valence-electron chi connectivity index (χ4n) is 9.40. The minimum absolute atomic E-state index is 0.205. The summed E-state index contributed by atoms with van der Waals surface area (Å²) >= 11 is 0. The van der Waals surface area contributed by atoms with Crippen LogP contribution in [-0.4, -0.2) is 14.5 Å². The average molecular weight is 756 g/mol. The summed E-state index contributed by atoms with van der Waals surface area (Å²) < 4.78 is 9.02. The molecule has 278 valence electrons. The van der Waals surface area contributed by atoms with E-state index in [0.717, 1.165) is 61.1 Å². The summed E-state index contributed by atoms with van der Waals surface area (Å²) in [5, 5.41) is 4.78. The molecule has 0 N–H and O–H groups in total. The van der Waals surface area contributed by atoms with Gasteiger partial charge in [0.05, 0.1) is 22.4 Å². The maximum atomic E-state index is 6.61. The van der Waals surface area contributed by atoms with Crippen LogP contribution in [0.5, 0.6) is 0 Å². The molecule has 59 heavy (non-hydrogen) atoms. The molecule has 12 rings (SSSR count). The second kappa shape index (κ2) is 12.7. The van der Waals surface area contributed by atoms with Crippen LogP contribution in [0.2, 0.25) is 0 Å². The van der Waals surface area contributed by atoms with Gasteiger partial charge in [-0.25, -0.2) is 9.97 Å². The first kappa shape index (κ1) is 33.6. The molecule has 0 aliphatic heterocycles. The fraction of sp³-hybridized carbons (Fsp3) is 0.0545. The van der Waals surface area contributed by atoms with Gasteiger partial charge in [-0.15, -0.1) is 0 Å². The highest BCUT2D eigenvalue weighted by molar-refractivity contribution is 6.13. The number of aromatic nitrogens is 3. The van der Waals surface area contributed by atoms with Crippen molar-refractivity contribution in [1.29, 1.82) is 0 Å². The second-order valence-electron chi connectivity index (χ2n) is 16.2. The van der Waals surface area contributed by atoms with E-state index in [1.807, 2.05) is 36.4 Å². The van der Waals surface area contributed by atoms with E-state index in [-0.39, 0.29) is 5.41 Å². The van der Waals surface area contributed by atoms with Crippen LogP contribution in [0.25, 0.3) is 106 Å². The Balaban J connectivity index is 0.955. The van der Waals surface area contributed by atoms with E-state index in [0.29, 0.717) is 5.82 Å². The fourth-order valence-corrected chi connectivity index (χ4v) is 9.40. The molecule has 4 nitrogen and oxygen atoms in total. The molecule has 8 aromatic carbocycles. The summed E-state index contributed by atoms with van der Waals surface area (Å²) in [6.07, 6.45) is 0. The number of hydrogen-bond donors (Lipinski definition) is 0. The third-order valence-corrected chi connectivity index (χ3v) is 12.4. The summed E-state index contributed by atoms with van der Waals surface area (Å²) in [6, 6.07) is 66.9. The molecule has 0 saturated carbocycles. The first-order chi connectivity index (χ1) is 29.0. The quantitative estimate of drug-likeness (QED) is 0.176. The lowest BCUT2D eigenvalue weighted by Crippen LogP contribution is -2.15. The Morgan fingerprint density at radius 2 is 0.966 bits per heavy atom. The van der Waals surface area contributed by atoms with Gasteiger partial charge in [0, 0.05) is 49.3 Å². The Kier molecular flexibility index (Phi) is 7.24. The van der Waals surface area contributed by atoms with Gasteiger partial charge in [-0.2, -0.15) is 0 Å². The lowest BCUT2D eigenvalue weighted by Gasteiger charge is -2.21. The van der Waals surface area contributed by atoms with E-state index in [2.05, 4.69) is 170 Å². The molecule has 4 heteroatoms. The highest BCUT2D eigenvalue weighted by Crippen LogP contribution is 2.53. The number of nitrogens with zero attached hydrogens (tertiary/aromatic N) is 3. The van der Waals surface area contributed by atoms with Crippen LogP contribution >= 0.6 is 0 Å². The molecule has 3 aromatic heterocycles. The van der Waals surface area contributed by atoms with Gasteiger partial charge in [-0.05, 0) is 94.0 Å². The molecule has 0 atom stereocenters. The molecule has 0 saturated heterocycles. The minimum atomic E-state index is -0.205. The third-order valence-electron chi connectivity index (χ3n) is 12.4. The van der Waals surface area contributed by atoms with Crippen molar-refractivity contribution in [2.45, 2.75) is 19.3 Å². The Morgan fingerprint density at radius 3 is 1.66 bits per heavy atom. The molecule has 0 spiro atoms. The van der Waals surface area contributed by atoms with E-state index in [9.17, 15) is 0 Å². The van der Waals surface area contributed by atoms with Crippen molar-refractivity contribution in [1.82, 2.24) is 14.5 Å². The molecule has 3 heterocycles. The number of hydrogen-bond acceptors (Lipinski definition) is 3. The van der Waals surface area contributed by atoms with Crippen LogP contribution in [-0.2, 0) is 5.41 Å². The highest BCUT2D eigenvalue weighted by Gasteiger charge is 2.37. The summed E-state index contributed by atoms with van der Waals surface area (Å²) in [5.74, 6) is 0.701. The number of fused-ring (bicyclic) bond motifs is 9.